The highest BCUT2D eigenvalue weighted by molar-refractivity contribution is 6.31. The second kappa shape index (κ2) is 9.92. The van der Waals surface area contributed by atoms with Crippen molar-refractivity contribution in [3.63, 3.8) is 0 Å². The molecule has 4 rings (SSSR count). The zero-order chi connectivity index (χ0) is 20.8. The molecule has 1 atom stereocenters. The molecule has 4 heteroatoms. The molecule has 30 heavy (non-hydrogen) atoms. The molecule has 3 aromatic rings. The molecule has 0 amide bonds. The lowest BCUT2D eigenvalue weighted by Crippen LogP contribution is -2.38. The highest BCUT2D eigenvalue weighted by atomic mass is 35.5. The number of halogens is 1. The van der Waals surface area contributed by atoms with Crippen LogP contribution in [-0.4, -0.2) is 37.4 Å². The van der Waals surface area contributed by atoms with Crippen molar-refractivity contribution in [3.8, 4) is 5.75 Å². The van der Waals surface area contributed by atoms with Crippen LogP contribution in [0.25, 0.3) is 0 Å². The minimum atomic E-state index is 0.104. The van der Waals surface area contributed by atoms with Gasteiger partial charge < -0.3 is 4.74 Å². The van der Waals surface area contributed by atoms with Crippen LogP contribution in [0, 0.1) is 0 Å². The van der Waals surface area contributed by atoms with Crippen LogP contribution in [0.15, 0.2) is 83.9 Å². The van der Waals surface area contributed by atoms with Crippen molar-refractivity contribution in [2.24, 2.45) is 4.99 Å². The van der Waals surface area contributed by atoms with Crippen molar-refractivity contribution in [3.05, 3.63) is 101 Å². The van der Waals surface area contributed by atoms with Crippen LogP contribution < -0.4 is 4.74 Å². The number of rotatable bonds is 6. The average Bonchev–Trinajstić information content (AvgIpc) is 2.81. The molecule has 0 spiro atoms. The molecule has 0 aromatic heterocycles. The second-order valence-electron chi connectivity index (χ2n) is 7.66. The fourth-order valence-electron chi connectivity index (χ4n) is 4.12. The average molecular weight is 419 g/mol. The molecular weight excluding hydrogens is 392 g/mol. The summed E-state index contributed by atoms with van der Waals surface area (Å²) in [6.07, 6.45) is 4.08. The lowest BCUT2D eigenvalue weighted by Gasteiger charge is -2.37. The molecule has 3 nitrogen and oxygen atoms in total. The predicted molar refractivity (Wildman–Crippen MR) is 125 cm³/mol. The molecule has 1 heterocycles. The van der Waals surface area contributed by atoms with Crippen LogP contribution in [0.1, 0.15) is 35.6 Å². The number of likely N-dealkylation sites (tertiary alicyclic amines) is 1. The number of piperidine rings is 1. The summed E-state index contributed by atoms with van der Waals surface area (Å²) in [6.45, 7) is 1.95. The van der Waals surface area contributed by atoms with Crippen molar-refractivity contribution in [1.82, 2.24) is 4.90 Å². The molecule has 1 aliphatic heterocycles. The highest BCUT2D eigenvalue weighted by Crippen LogP contribution is 2.36. The van der Waals surface area contributed by atoms with E-state index in [0.29, 0.717) is 6.04 Å². The number of hydrogen-bond acceptors (Lipinski definition) is 3. The molecule has 1 aliphatic rings. The normalized spacial score (nSPS) is 16.6. The molecule has 0 N–H and O–H groups in total. The number of methoxy groups -OCH3 is 1. The zero-order valence-electron chi connectivity index (χ0n) is 17.2. The number of aliphatic imine (C=N–C) groups is 1. The molecule has 1 saturated heterocycles. The maximum Gasteiger partial charge on any atom is 0.119 e. The van der Waals surface area contributed by atoms with Crippen LogP contribution in [0.5, 0.6) is 5.75 Å². The van der Waals surface area contributed by atoms with Crippen molar-refractivity contribution in [2.45, 2.75) is 24.9 Å². The van der Waals surface area contributed by atoms with Gasteiger partial charge in [0.05, 0.1) is 19.2 Å². The van der Waals surface area contributed by atoms with E-state index in [1.165, 1.54) is 5.56 Å². The van der Waals surface area contributed by atoms with Gasteiger partial charge in [-0.25, -0.2) is 0 Å². The first-order chi connectivity index (χ1) is 14.7. The summed E-state index contributed by atoms with van der Waals surface area (Å²) in [7, 11) is 1.71. The summed E-state index contributed by atoms with van der Waals surface area (Å²) in [6, 6.07) is 27.2. The van der Waals surface area contributed by atoms with Crippen LogP contribution in [0.4, 0.5) is 0 Å². The summed E-state index contributed by atoms with van der Waals surface area (Å²) in [5, 5.41) is 0.801. The van der Waals surface area contributed by atoms with E-state index in [2.05, 4.69) is 47.4 Å². The van der Waals surface area contributed by atoms with E-state index in [-0.39, 0.29) is 6.04 Å². The summed E-state index contributed by atoms with van der Waals surface area (Å²) in [5.41, 5.74) is 3.50. The van der Waals surface area contributed by atoms with Gasteiger partial charge in [-0.2, -0.15) is 0 Å². The predicted octanol–water partition coefficient (Wildman–Crippen LogP) is 6.02. The van der Waals surface area contributed by atoms with E-state index >= 15 is 0 Å². The van der Waals surface area contributed by atoms with Crippen LogP contribution >= 0.6 is 11.6 Å². The van der Waals surface area contributed by atoms with Crippen molar-refractivity contribution >= 4 is 17.8 Å². The molecule has 0 bridgehead atoms. The van der Waals surface area contributed by atoms with E-state index < -0.39 is 0 Å². The Morgan fingerprint density at radius 1 is 0.967 bits per heavy atom. The Morgan fingerprint density at radius 2 is 1.70 bits per heavy atom. The third-order valence-corrected chi connectivity index (χ3v) is 6.05. The summed E-state index contributed by atoms with van der Waals surface area (Å²) in [4.78, 5) is 7.36. The molecule has 0 radical (unpaired) electrons. The van der Waals surface area contributed by atoms with Crippen molar-refractivity contribution < 1.29 is 4.74 Å². The van der Waals surface area contributed by atoms with Gasteiger partial charge in [0.2, 0.25) is 0 Å². The molecular formula is C26H27ClN2O. The quantitative estimate of drug-likeness (QED) is 0.457. The molecule has 0 saturated carbocycles. The Labute approximate surface area is 184 Å². The van der Waals surface area contributed by atoms with E-state index in [1.54, 1.807) is 7.11 Å². The molecule has 3 aromatic carbocycles. The molecule has 1 fully saturated rings. The largest absolute Gasteiger partial charge is 0.497 e. The van der Waals surface area contributed by atoms with E-state index in [0.717, 1.165) is 47.8 Å². The van der Waals surface area contributed by atoms with Gasteiger partial charge in [-0.05, 0) is 47.7 Å². The van der Waals surface area contributed by atoms with Gasteiger partial charge >= 0.3 is 0 Å². The SMILES string of the molecule is COc1cccc(C(c2ccccc2Cl)N2CCC(/N=C/c3ccccc3)CC2)c1. The minimum Gasteiger partial charge on any atom is -0.497 e. The van der Waals surface area contributed by atoms with Gasteiger partial charge in [0.25, 0.3) is 0 Å². The smallest absolute Gasteiger partial charge is 0.119 e. The molecule has 0 aliphatic carbocycles. The van der Waals surface area contributed by atoms with Gasteiger partial charge in [0.15, 0.2) is 0 Å². The van der Waals surface area contributed by atoms with Gasteiger partial charge in [-0.15, -0.1) is 0 Å². The maximum atomic E-state index is 6.63. The Bertz CT molecular complexity index is 981. The Kier molecular flexibility index (Phi) is 6.83. The number of hydrogen-bond donors (Lipinski definition) is 0. The van der Waals surface area contributed by atoms with Gasteiger partial charge in [-0.1, -0.05) is 72.3 Å². The van der Waals surface area contributed by atoms with Gasteiger partial charge in [0, 0.05) is 24.3 Å². The fourth-order valence-corrected chi connectivity index (χ4v) is 4.36. The van der Waals surface area contributed by atoms with Crippen molar-refractivity contribution in [2.75, 3.05) is 20.2 Å². The van der Waals surface area contributed by atoms with Gasteiger partial charge in [0.1, 0.15) is 5.75 Å². The Balaban J connectivity index is 1.54. The minimum absolute atomic E-state index is 0.104. The highest BCUT2D eigenvalue weighted by Gasteiger charge is 2.28. The third kappa shape index (κ3) is 4.92. The summed E-state index contributed by atoms with van der Waals surface area (Å²) in [5.74, 6) is 0.868. The molecule has 154 valence electrons. The van der Waals surface area contributed by atoms with Gasteiger partial charge in [-0.3, -0.25) is 9.89 Å². The van der Waals surface area contributed by atoms with Crippen molar-refractivity contribution in [1.29, 1.82) is 0 Å². The van der Waals surface area contributed by atoms with E-state index in [4.69, 9.17) is 21.3 Å². The Hall–Kier alpha value is -2.62. The lowest BCUT2D eigenvalue weighted by molar-refractivity contribution is 0.175. The Morgan fingerprint density at radius 3 is 2.43 bits per heavy atom. The summed E-state index contributed by atoms with van der Waals surface area (Å²) >= 11 is 6.63. The first kappa shape index (κ1) is 20.6. The monoisotopic (exact) mass is 418 g/mol. The summed E-state index contributed by atoms with van der Waals surface area (Å²) < 4.78 is 5.48. The first-order valence-electron chi connectivity index (χ1n) is 10.5. The zero-order valence-corrected chi connectivity index (χ0v) is 18.0. The van der Waals surface area contributed by atoms with E-state index in [9.17, 15) is 0 Å². The lowest BCUT2D eigenvalue weighted by atomic mass is 9.93. The fraction of sp³-hybridized carbons (Fsp3) is 0.269. The standard InChI is InChI=1S/C26H27ClN2O/c1-30-23-11-7-10-21(18-23)26(24-12-5-6-13-25(24)27)29-16-14-22(15-17-29)28-19-20-8-3-2-4-9-20/h2-13,18-19,22,26H,14-17H2,1H3/b28-19+. The van der Waals surface area contributed by atoms with Crippen LogP contribution in [0.2, 0.25) is 5.02 Å². The van der Waals surface area contributed by atoms with Crippen LogP contribution in [-0.2, 0) is 0 Å². The topological polar surface area (TPSA) is 24.8 Å². The molecule has 1 unspecified atom stereocenters. The number of nitrogens with zero attached hydrogens (tertiary/aromatic N) is 2. The number of benzene rings is 3. The van der Waals surface area contributed by atoms with Crippen LogP contribution in [0.3, 0.4) is 0 Å². The first-order valence-corrected chi connectivity index (χ1v) is 10.8. The number of ether oxygens (including phenoxy) is 1. The maximum absolute atomic E-state index is 6.63. The second-order valence-corrected chi connectivity index (χ2v) is 8.06. The third-order valence-electron chi connectivity index (χ3n) is 5.71. The van der Waals surface area contributed by atoms with E-state index in [1.807, 2.05) is 42.6 Å².